The van der Waals surface area contributed by atoms with Crippen molar-refractivity contribution >= 4 is 17.3 Å². The van der Waals surface area contributed by atoms with Gasteiger partial charge in [-0.3, -0.25) is 9.59 Å². The van der Waals surface area contributed by atoms with Crippen LogP contribution in [0.4, 0.5) is 0 Å². The molecule has 6 nitrogen and oxygen atoms in total. The highest BCUT2D eigenvalue weighted by molar-refractivity contribution is 5.99. The van der Waals surface area contributed by atoms with E-state index in [1.54, 1.807) is 0 Å². The zero-order chi connectivity index (χ0) is 18.4. The molecule has 2 aromatic heterocycles. The number of hydrogen-bond acceptors (Lipinski definition) is 3. The van der Waals surface area contributed by atoms with Gasteiger partial charge in [0.25, 0.3) is 5.91 Å². The molecule has 140 valence electrons. The van der Waals surface area contributed by atoms with Gasteiger partial charge in [-0.15, -0.1) is 0 Å². The van der Waals surface area contributed by atoms with Crippen molar-refractivity contribution in [3.63, 3.8) is 0 Å². The van der Waals surface area contributed by atoms with Gasteiger partial charge in [-0.1, -0.05) is 25.3 Å². The number of fused-ring (bicyclic) bond motifs is 1. The largest absolute Gasteiger partial charge is 0.356 e. The number of unbranched alkanes of at least 4 members (excludes halogenated alkanes) is 1. The Morgan fingerprint density at radius 3 is 2.58 bits per heavy atom. The molecule has 1 fully saturated rings. The first kappa shape index (κ1) is 18.4. The Labute approximate surface area is 154 Å². The van der Waals surface area contributed by atoms with Gasteiger partial charge in [-0.05, 0) is 37.8 Å². The summed E-state index contributed by atoms with van der Waals surface area (Å²) in [4.78, 5) is 28.2. The van der Waals surface area contributed by atoms with Gasteiger partial charge < -0.3 is 15.0 Å². The van der Waals surface area contributed by atoms with Crippen LogP contribution in [-0.2, 0) is 4.79 Å². The predicted molar refractivity (Wildman–Crippen MR) is 101 cm³/mol. The van der Waals surface area contributed by atoms with Crippen molar-refractivity contribution in [2.45, 2.75) is 57.8 Å². The summed E-state index contributed by atoms with van der Waals surface area (Å²) in [5.41, 5.74) is 1.40. The summed E-state index contributed by atoms with van der Waals surface area (Å²) in [6.45, 7) is 2.74. The monoisotopic (exact) mass is 356 g/mol. The van der Waals surface area contributed by atoms with Crippen LogP contribution in [0.1, 0.15) is 74.1 Å². The van der Waals surface area contributed by atoms with Gasteiger partial charge in [0.15, 0.2) is 5.69 Å². The molecular weight excluding hydrogens is 328 g/mol. The van der Waals surface area contributed by atoms with E-state index in [1.807, 2.05) is 24.4 Å². The van der Waals surface area contributed by atoms with E-state index in [0.717, 1.165) is 37.0 Å². The lowest BCUT2D eigenvalue weighted by Crippen LogP contribution is -2.26. The summed E-state index contributed by atoms with van der Waals surface area (Å²) in [5, 5.41) is 5.73. The highest BCUT2D eigenvalue weighted by atomic mass is 16.2. The maximum Gasteiger partial charge on any atom is 0.272 e. The van der Waals surface area contributed by atoms with Gasteiger partial charge in [0.1, 0.15) is 5.82 Å². The van der Waals surface area contributed by atoms with E-state index in [1.165, 1.54) is 26.2 Å². The van der Waals surface area contributed by atoms with E-state index in [4.69, 9.17) is 4.98 Å². The summed E-state index contributed by atoms with van der Waals surface area (Å²) in [6.07, 6.45) is 9.76. The van der Waals surface area contributed by atoms with Crippen LogP contribution in [0.25, 0.3) is 5.52 Å². The molecule has 0 spiro atoms. The van der Waals surface area contributed by atoms with Crippen molar-refractivity contribution in [2.24, 2.45) is 0 Å². The lowest BCUT2D eigenvalue weighted by Gasteiger charge is -2.20. The lowest BCUT2D eigenvalue weighted by atomic mass is 9.89. The number of nitrogens with zero attached hydrogens (tertiary/aromatic N) is 2. The van der Waals surface area contributed by atoms with Crippen LogP contribution in [0.5, 0.6) is 0 Å². The van der Waals surface area contributed by atoms with E-state index in [-0.39, 0.29) is 11.8 Å². The summed E-state index contributed by atoms with van der Waals surface area (Å²) in [5.74, 6) is 1.33. The minimum atomic E-state index is -0.115. The van der Waals surface area contributed by atoms with Crippen LogP contribution in [0.15, 0.2) is 24.4 Å². The molecule has 1 aliphatic carbocycles. The van der Waals surface area contributed by atoms with Crippen molar-refractivity contribution < 1.29 is 9.59 Å². The number of carbonyl (C=O) groups is 2. The van der Waals surface area contributed by atoms with Crippen molar-refractivity contribution in [1.29, 1.82) is 0 Å². The first-order valence-electron chi connectivity index (χ1n) is 9.66. The molecule has 0 saturated heterocycles. The molecule has 1 saturated carbocycles. The van der Waals surface area contributed by atoms with E-state index in [0.29, 0.717) is 24.7 Å². The fourth-order valence-corrected chi connectivity index (χ4v) is 3.68. The smallest absolute Gasteiger partial charge is 0.272 e. The number of hydrogen-bond donors (Lipinski definition) is 2. The van der Waals surface area contributed by atoms with Crippen LogP contribution in [-0.4, -0.2) is 34.3 Å². The van der Waals surface area contributed by atoms with Crippen molar-refractivity contribution in [3.05, 3.63) is 35.9 Å². The number of rotatable bonds is 7. The average molecular weight is 356 g/mol. The molecular formula is C20H28N4O2. The molecule has 0 unspecified atom stereocenters. The van der Waals surface area contributed by atoms with Gasteiger partial charge in [0.05, 0.1) is 5.52 Å². The SMILES string of the molecule is CC(=O)NCCCCNC(=O)c1nc(C2CCCCC2)n2ccccc12. The van der Waals surface area contributed by atoms with E-state index in [2.05, 4.69) is 15.0 Å². The van der Waals surface area contributed by atoms with Crippen LogP contribution in [0.2, 0.25) is 0 Å². The maximum absolute atomic E-state index is 12.6. The topological polar surface area (TPSA) is 75.5 Å². The third kappa shape index (κ3) is 4.42. The Kier molecular flexibility index (Phi) is 6.26. The highest BCUT2D eigenvalue weighted by Gasteiger charge is 2.24. The molecule has 1 aliphatic rings. The number of nitrogens with one attached hydrogen (secondary N) is 2. The van der Waals surface area contributed by atoms with Crippen LogP contribution in [0, 0.1) is 0 Å². The zero-order valence-corrected chi connectivity index (χ0v) is 15.5. The Balaban J connectivity index is 1.65. The second-order valence-corrected chi connectivity index (χ2v) is 7.06. The normalized spacial score (nSPS) is 15.1. The molecule has 2 amide bonds. The number of imidazole rings is 1. The molecule has 0 bridgehead atoms. The average Bonchev–Trinajstić information content (AvgIpc) is 3.05. The van der Waals surface area contributed by atoms with Gasteiger partial charge in [-0.2, -0.15) is 0 Å². The van der Waals surface area contributed by atoms with Crippen molar-refractivity contribution in [3.8, 4) is 0 Å². The molecule has 6 heteroatoms. The summed E-state index contributed by atoms with van der Waals surface area (Å²) in [6, 6.07) is 5.90. The molecule has 2 heterocycles. The van der Waals surface area contributed by atoms with E-state index in [9.17, 15) is 9.59 Å². The Hall–Kier alpha value is -2.37. The van der Waals surface area contributed by atoms with Gasteiger partial charge >= 0.3 is 0 Å². The number of pyridine rings is 1. The number of amides is 2. The predicted octanol–water partition coefficient (Wildman–Crippen LogP) is 3.03. The Morgan fingerprint density at radius 2 is 1.85 bits per heavy atom. The fourth-order valence-electron chi connectivity index (χ4n) is 3.68. The summed E-state index contributed by atoms with van der Waals surface area (Å²) >= 11 is 0. The minimum absolute atomic E-state index is 0.0197. The van der Waals surface area contributed by atoms with Crippen molar-refractivity contribution in [1.82, 2.24) is 20.0 Å². The quantitative estimate of drug-likeness (QED) is 0.749. The summed E-state index contributed by atoms with van der Waals surface area (Å²) in [7, 11) is 0. The molecule has 0 aliphatic heterocycles. The molecule has 26 heavy (non-hydrogen) atoms. The lowest BCUT2D eigenvalue weighted by molar-refractivity contribution is -0.118. The van der Waals surface area contributed by atoms with Crippen molar-refractivity contribution in [2.75, 3.05) is 13.1 Å². The fraction of sp³-hybridized carbons (Fsp3) is 0.550. The highest BCUT2D eigenvalue weighted by Crippen LogP contribution is 2.33. The number of carbonyl (C=O) groups excluding carboxylic acids is 2. The maximum atomic E-state index is 12.6. The molecule has 2 aromatic rings. The first-order valence-corrected chi connectivity index (χ1v) is 9.66. The third-order valence-corrected chi connectivity index (χ3v) is 5.02. The van der Waals surface area contributed by atoms with E-state index < -0.39 is 0 Å². The van der Waals surface area contributed by atoms with Crippen LogP contribution in [0.3, 0.4) is 0 Å². The van der Waals surface area contributed by atoms with Gasteiger partial charge in [-0.25, -0.2) is 4.98 Å². The molecule has 0 atom stereocenters. The number of aromatic nitrogens is 2. The first-order chi connectivity index (χ1) is 12.7. The second kappa shape index (κ2) is 8.83. The third-order valence-electron chi connectivity index (χ3n) is 5.02. The van der Waals surface area contributed by atoms with Gasteiger partial charge in [0.2, 0.25) is 5.91 Å². The molecule has 2 N–H and O–H groups in total. The second-order valence-electron chi connectivity index (χ2n) is 7.06. The van der Waals surface area contributed by atoms with E-state index >= 15 is 0 Å². The standard InChI is InChI=1S/C20H28N4O2/c1-15(25)21-12-6-7-13-22-20(26)18-17-11-5-8-14-24(17)19(23-18)16-9-3-2-4-10-16/h5,8,11,14,16H,2-4,6-7,9-10,12-13H2,1H3,(H,21,25)(H,22,26). The van der Waals surface area contributed by atoms with Crippen LogP contribution >= 0.6 is 0 Å². The summed E-state index contributed by atoms with van der Waals surface area (Å²) < 4.78 is 2.08. The zero-order valence-electron chi connectivity index (χ0n) is 15.5. The molecule has 3 rings (SSSR count). The Bertz CT molecular complexity index is 762. The molecule has 0 aromatic carbocycles. The molecule has 0 radical (unpaired) electrons. The van der Waals surface area contributed by atoms with Gasteiger partial charge in [0, 0.05) is 32.1 Å². The Morgan fingerprint density at radius 1 is 1.12 bits per heavy atom. The van der Waals surface area contributed by atoms with Crippen LogP contribution < -0.4 is 10.6 Å². The minimum Gasteiger partial charge on any atom is -0.356 e.